The number of rotatable bonds is 2. The normalized spacial score (nSPS) is 11.5. The second-order valence-corrected chi connectivity index (χ2v) is 8.99. The summed E-state index contributed by atoms with van der Waals surface area (Å²) in [5.41, 5.74) is 0. The third-order valence-corrected chi connectivity index (χ3v) is 5.47. The van der Waals surface area contributed by atoms with Gasteiger partial charge in [0.2, 0.25) is 4.34 Å². The maximum Gasteiger partial charge on any atom is 0.288 e. The lowest BCUT2D eigenvalue weighted by molar-refractivity contribution is 0.605. The SMILES string of the molecule is O=S(=O)(Cl)c1ccccn1.O=S(=O)(Cl)c1nccs1. The first kappa shape index (κ1) is 16.3. The molecule has 0 atom stereocenters. The van der Waals surface area contributed by atoms with Gasteiger partial charge in [-0.2, -0.15) is 0 Å². The molecule has 0 aliphatic carbocycles. The van der Waals surface area contributed by atoms with Crippen LogP contribution < -0.4 is 0 Å². The van der Waals surface area contributed by atoms with Crippen LogP contribution in [0.5, 0.6) is 0 Å². The molecular formula is C8H6Cl2N2O4S3. The molecular weight excluding hydrogens is 355 g/mol. The summed E-state index contributed by atoms with van der Waals surface area (Å²) in [7, 11) is 2.67. The van der Waals surface area contributed by atoms with Crippen molar-refractivity contribution in [3.8, 4) is 0 Å². The molecule has 0 amide bonds. The summed E-state index contributed by atoms with van der Waals surface area (Å²) < 4.78 is 41.8. The number of nitrogens with zero attached hydrogens (tertiary/aromatic N) is 2. The van der Waals surface area contributed by atoms with E-state index in [1.54, 1.807) is 17.5 Å². The molecule has 0 N–H and O–H groups in total. The van der Waals surface area contributed by atoms with Crippen LogP contribution in [-0.4, -0.2) is 26.8 Å². The van der Waals surface area contributed by atoms with Crippen LogP contribution >= 0.6 is 32.7 Å². The van der Waals surface area contributed by atoms with E-state index < -0.39 is 18.1 Å². The molecule has 11 heteroatoms. The fourth-order valence-corrected chi connectivity index (χ4v) is 3.14. The molecule has 104 valence electrons. The van der Waals surface area contributed by atoms with Gasteiger partial charge in [-0.25, -0.2) is 26.8 Å². The molecule has 0 aromatic carbocycles. The lowest BCUT2D eigenvalue weighted by Crippen LogP contribution is -1.92. The fraction of sp³-hybridized carbons (Fsp3) is 0. The van der Waals surface area contributed by atoms with Gasteiger partial charge >= 0.3 is 0 Å². The van der Waals surface area contributed by atoms with Crippen LogP contribution in [0.25, 0.3) is 0 Å². The Balaban J connectivity index is 0.000000191. The van der Waals surface area contributed by atoms with Gasteiger partial charge in [-0.05, 0) is 12.1 Å². The highest BCUT2D eigenvalue weighted by Crippen LogP contribution is 2.16. The Labute approximate surface area is 122 Å². The van der Waals surface area contributed by atoms with E-state index in [0.717, 1.165) is 11.3 Å². The number of hydrogen-bond donors (Lipinski definition) is 0. The Hall–Kier alpha value is -0.740. The van der Waals surface area contributed by atoms with Crippen LogP contribution in [0.2, 0.25) is 0 Å². The van der Waals surface area contributed by atoms with Gasteiger partial charge in [-0.3, -0.25) is 0 Å². The van der Waals surface area contributed by atoms with Crippen molar-refractivity contribution in [1.29, 1.82) is 0 Å². The topological polar surface area (TPSA) is 94.1 Å². The molecule has 0 bridgehead atoms. The van der Waals surface area contributed by atoms with E-state index in [1.807, 2.05) is 0 Å². The van der Waals surface area contributed by atoms with Gasteiger partial charge in [0, 0.05) is 39.1 Å². The van der Waals surface area contributed by atoms with E-state index in [-0.39, 0.29) is 9.37 Å². The van der Waals surface area contributed by atoms with Gasteiger partial charge in [0.15, 0.2) is 5.03 Å². The summed E-state index contributed by atoms with van der Waals surface area (Å²) in [6, 6.07) is 4.51. The van der Waals surface area contributed by atoms with Crippen molar-refractivity contribution in [2.24, 2.45) is 0 Å². The zero-order chi connectivity index (χ0) is 14.5. The summed E-state index contributed by atoms with van der Waals surface area (Å²) >= 11 is 0.999. The zero-order valence-electron chi connectivity index (χ0n) is 8.97. The van der Waals surface area contributed by atoms with Crippen LogP contribution in [0.3, 0.4) is 0 Å². The van der Waals surface area contributed by atoms with E-state index in [9.17, 15) is 16.8 Å². The average molecular weight is 361 g/mol. The Bertz CT molecular complexity index is 715. The van der Waals surface area contributed by atoms with Crippen molar-refractivity contribution in [1.82, 2.24) is 9.97 Å². The van der Waals surface area contributed by atoms with E-state index in [1.165, 1.54) is 18.5 Å². The molecule has 0 spiro atoms. The van der Waals surface area contributed by atoms with Crippen molar-refractivity contribution in [2.45, 2.75) is 9.37 Å². The molecule has 2 aromatic heterocycles. The van der Waals surface area contributed by atoms with Gasteiger partial charge in [-0.1, -0.05) is 6.07 Å². The highest BCUT2D eigenvalue weighted by atomic mass is 35.7. The summed E-state index contributed by atoms with van der Waals surface area (Å²) in [6.45, 7) is 0. The van der Waals surface area contributed by atoms with Crippen LogP contribution in [0.15, 0.2) is 45.3 Å². The molecule has 0 unspecified atom stereocenters. The predicted octanol–water partition coefficient (Wildman–Crippen LogP) is 2.08. The molecule has 0 aliphatic heterocycles. The lowest BCUT2D eigenvalue weighted by atomic mass is 10.5. The second kappa shape index (κ2) is 6.62. The maximum atomic E-state index is 10.5. The molecule has 2 heterocycles. The van der Waals surface area contributed by atoms with Crippen LogP contribution in [0, 0.1) is 0 Å². The number of thiazole rings is 1. The summed E-state index contributed by atoms with van der Waals surface area (Å²) in [5.74, 6) is 0. The summed E-state index contributed by atoms with van der Waals surface area (Å²) in [5, 5.41) is 1.44. The number of aromatic nitrogens is 2. The van der Waals surface area contributed by atoms with E-state index >= 15 is 0 Å². The second-order valence-electron chi connectivity index (χ2n) is 2.84. The summed E-state index contributed by atoms with van der Waals surface area (Å²) in [6.07, 6.45) is 2.76. The van der Waals surface area contributed by atoms with Gasteiger partial charge in [0.25, 0.3) is 18.1 Å². The molecule has 0 aliphatic rings. The lowest BCUT2D eigenvalue weighted by Gasteiger charge is -1.90. The fourth-order valence-electron chi connectivity index (χ4n) is 0.822. The first-order chi connectivity index (χ1) is 8.71. The number of pyridine rings is 1. The monoisotopic (exact) mass is 360 g/mol. The minimum Gasteiger partial charge on any atom is -0.244 e. The quantitative estimate of drug-likeness (QED) is 0.760. The highest BCUT2D eigenvalue weighted by molar-refractivity contribution is 8.15. The molecule has 0 radical (unpaired) electrons. The number of halogens is 2. The minimum absolute atomic E-state index is 0.0517. The number of hydrogen-bond acceptors (Lipinski definition) is 7. The van der Waals surface area contributed by atoms with Gasteiger partial charge < -0.3 is 0 Å². The Morgan fingerprint density at radius 3 is 1.89 bits per heavy atom. The van der Waals surface area contributed by atoms with Crippen LogP contribution in [-0.2, 0) is 18.1 Å². The first-order valence-electron chi connectivity index (χ1n) is 4.41. The van der Waals surface area contributed by atoms with Crippen LogP contribution in [0.1, 0.15) is 0 Å². The third kappa shape index (κ3) is 5.83. The molecule has 19 heavy (non-hydrogen) atoms. The first-order valence-corrected chi connectivity index (χ1v) is 9.91. The third-order valence-electron chi connectivity index (χ3n) is 1.51. The van der Waals surface area contributed by atoms with Crippen molar-refractivity contribution < 1.29 is 16.8 Å². The zero-order valence-corrected chi connectivity index (χ0v) is 12.9. The maximum absolute atomic E-state index is 10.5. The van der Waals surface area contributed by atoms with Crippen molar-refractivity contribution in [3.05, 3.63) is 36.0 Å². The Morgan fingerprint density at radius 2 is 1.63 bits per heavy atom. The molecule has 0 fully saturated rings. The molecule has 2 aromatic rings. The molecule has 2 rings (SSSR count). The van der Waals surface area contributed by atoms with Crippen molar-refractivity contribution in [2.75, 3.05) is 0 Å². The van der Waals surface area contributed by atoms with E-state index in [4.69, 9.17) is 21.4 Å². The molecule has 0 saturated carbocycles. The molecule has 0 saturated heterocycles. The van der Waals surface area contributed by atoms with Gasteiger partial charge in [0.05, 0.1) is 0 Å². The van der Waals surface area contributed by atoms with E-state index in [2.05, 4.69) is 9.97 Å². The standard InChI is InChI=1S/C5H4ClNO2S.C3H2ClNO2S2/c6-10(8,9)5-3-1-2-4-7-5;4-9(6,7)3-5-1-2-8-3/h1-4H;1-2H. The van der Waals surface area contributed by atoms with E-state index in [0.29, 0.717) is 0 Å². The smallest absolute Gasteiger partial charge is 0.244 e. The Kier molecular flexibility index (Phi) is 5.68. The average Bonchev–Trinajstić information content (AvgIpc) is 2.83. The van der Waals surface area contributed by atoms with Crippen molar-refractivity contribution >= 4 is 50.8 Å². The molecule has 6 nitrogen and oxygen atoms in total. The van der Waals surface area contributed by atoms with Gasteiger partial charge in [-0.15, -0.1) is 11.3 Å². The minimum atomic E-state index is -3.64. The van der Waals surface area contributed by atoms with Gasteiger partial charge in [0.1, 0.15) is 0 Å². The van der Waals surface area contributed by atoms with Crippen molar-refractivity contribution in [3.63, 3.8) is 0 Å². The van der Waals surface area contributed by atoms with Crippen LogP contribution in [0.4, 0.5) is 0 Å². The predicted molar refractivity (Wildman–Crippen MR) is 72.4 cm³/mol. The summed E-state index contributed by atoms with van der Waals surface area (Å²) in [4.78, 5) is 7.02. The highest BCUT2D eigenvalue weighted by Gasteiger charge is 2.11. The Morgan fingerprint density at radius 1 is 0.947 bits per heavy atom. The largest absolute Gasteiger partial charge is 0.288 e.